The molecule has 0 saturated heterocycles. The second-order valence-corrected chi connectivity index (χ2v) is 4.05. The molecule has 0 aliphatic carbocycles. The molecule has 1 aromatic rings. The van der Waals surface area contributed by atoms with Crippen molar-refractivity contribution in [2.75, 3.05) is 19.6 Å². The smallest absolute Gasteiger partial charge is 0.162 e. The summed E-state index contributed by atoms with van der Waals surface area (Å²) in [6.45, 7) is 4.52. The lowest BCUT2D eigenvalue weighted by atomic mass is 9.96. The van der Waals surface area contributed by atoms with Crippen molar-refractivity contribution >= 4 is 5.82 Å². The number of anilines is 1. The number of aromatic nitrogens is 2. The van der Waals surface area contributed by atoms with Crippen LogP contribution in [-0.4, -0.2) is 24.2 Å². The molecule has 3 N–H and O–H groups in total. The fraction of sp³-hybridized carbons (Fsp3) is 0.667. The Bertz CT molecular complexity index is 372. The normalized spacial score (nSPS) is 11.6. The first kappa shape index (κ1) is 14.8. The Morgan fingerprint density at radius 3 is 2.39 bits per heavy atom. The standard InChI is InChI=1S/C12H22N4O2/c1-5-12(6-2,18-4)11-14-9(8-17-3)7-10(15-11)16-13/h7H,5-6,8,13H2,1-4H3,(H,14,15,16). The maximum atomic E-state index is 5.62. The molecule has 102 valence electrons. The third-order valence-corrected chi connectivity index (χ3v) is 3.16. The van der Waals surface area contributed by atoms with Crippen molar-refractivity contribution in [2.24, 2.45) is 5.84 Å². The molecule has 0 fully saturated rings. The fourth-order valence-corrected chi connectivity index (χ4v) is 1.94. The molecular formula is C12H22N4O2. The van der Waals surface area contributed by atoms with Crippen LogP contribution < -0.4 is 11.3 Å². The zero-order valence-corrected chi connectivity index (χ0v) is 11.5. The Labute approximate surface area is 108 Å². The highest BCUT2D eigenvalue weighted by atomic mass is 16.5. The zero-order chi connectivity index (χ0) is 13.6. The number of nitrogens with two attached hydrogens (primary N) is 1. The van der Waals surface area contributed by atoms with Crippen molar-refractivity contribution in [2.45, 2.75) is 38.9 Å². The van der Waals surface area contributed by atoms with Crippen LogP contribution in [0.5, 0.6) is 0 Å². The summed E-state index contributed by atoms with van der Waals surface area (Å²) in [7, 11) is 3.30. The van der Waals surface area contributed by atoms with Crippen LogP contribution in [0, 0.1) is 0 Å². The number of nitrogens with one attached hydrogen (secondary N) is 1. The first-order valence-corrected chi connectivity index (χ1v) is 6.04. The molecule has 0 radical (unpaired) electrons. The van der Waals surface area contributed by atoms with Crippen LogP contribution >= 0.6 is 0 Å². The van der Waals surface area contributed by atoms with E-state index in [1.54, 1.807) is 20.3 Å². The molecule has 0 atom stereocenters. The molecule has 6 heteroatoms. The van der Waals surface area contributed by atoms with E-state index in [-0.39, 0.29) is 0 Å². The van der Waals surface area contributed by atoms with Crippen molar-refractivity contribution in [3.63, 3.8) is 0 Å². The molecule has 0 saturated carbocycles. The van der Waals surface area contributed by atoms with Crippen molar-refractivity contribution in [3.8, 4) is 0 Å². The Kier molecular flexibility index (Phi) is 5.46. The molecule has 0 unspecified atom stereocenters. The van der Waals surface area contributed by atoms with E-state index < -0.39 is 5.60 Å². The van der Waals surface area contributed by atoms with Gasteiger partial charge in [0, 0.05) is 20.3 Å². The molecule has 0 bridgehead atoms. The highest BCUT2D eigenvalue weighted by Crippen LogP contribution is 2.30. The van der Waals surface area contributed by atoms with Crippen LogP contribution in [0.15, 0.2) is 6.07 Å². The van der Waals surface area contributed by atoms with E-state index in [4.69, 9.17) is 15.3 Å². The van der Waals surface area contributed by atoms with Crippen LogP contribution in [0.2, 0.25) is 0 Å². The van der Waals surface area contributed by atoms with E-state index in [9.17, 15) is 0 Å². The molecule has 1 rings (SSSR count). The van der Waals surface area contributed by atoms with Gasteiger partial charge >= 0.3 is 0 Å². The lowest BCUT2D eigenvalue weighted by Gasteiger charge is -2.29. The van der Waals surface area contributed by atoms with E-state index >= 15 is 0 Å². The summed E-state index contributed by atoms with van der Waals surface area (Å²) in [4.78, 5) is 8.89. The van der Waals surface area contributed by atoms with Crippen LogP contribution in [0.1, 0.15) is 38.2 Å². The van der Waals surface area contributed by atoms with Crippen molar-refractivity contribution < 1.29 is 9.47 Å². The van der Waals surface area contributed by atoms with E-state index in [0.717, 1.165) is 18.5 Å². The molecular weight excluding hydrogens is 232 g/mol. The van der Waals surface area contributed by atoms with Crippen molar-refractivity contribution in [1.29, 1.82) is 0 Å². The van der Waals surface area contributed by atoms with Gasteiger partial charge in [0.25, 0.3) is 0 Å². The van der Waals surface area contributed by atoms with Crippen LogP contribution in [0.3, 0.4) is 0 Å². The summed E-state index contributed by atoms with van der Waals surface area (Å²) >= 11 is 0. The highest BCUT2D eigenvalue weighted by molar-refractivity contribution is 5.35. The average molecular weight is 254 g/mol. The van der Waals surface area contributed by atoms with Crippen LogP contribution in [-0.2, 0) is 21.7 Å². The van der Waals surface area contributed by atoms with Gasteiger partial charge in [-0.25, -0.2) is 15.8 Å². The Hall–Kier alpha value is -1.24. The molecule has 1 heterocycles. The fourth-order valence-electron chi connectivity index (χ4n) is 1.94. The zero-order valence-electron chi connectivity index (χ0n) is 11.5. The number of nitrogen functional groups attached to an aromatic ring is 1. The van der Waals surface area contributed by atoms with Crippen LogP contribution in [0.4, 0.5) is 5.82 Å². The Morgan fingerprint density at radius 1 is 1.28 bits per heavy atom. The predicted octanol–water partition coefficient (Wildman–Crippen LogP) is 1.57. The van der Waals surface area contributed by atoms with Crippen molar-refractivity contribution in [1.82, 2.24) is 9.97 Å². The number of hydrazine groups is 1. The van der Waals surface area contributed by atoms with Gasteiger partial charge in [-0.05, 0) is 12.8 Å². The summed E-state index contributed by atoms with van der Waals surface area (Å²) in [6.07, 6.45) is 1.58. The number of hydrogen-bond acceptors (Lipinski definition) is 6. The lowest BCUT2D eigenvalue weighted by molar-refractivity contribution is -0.0294. The number of hydrogen-bond donors (Lipinski definition) is 2. The summed E-state index contributed by atoms with van der Waals surface area (Å²) in [5.74, 6) is 6.63. The predicted molar refractivity (Wildman–Crippen MR) is 69.8 cm³/mol. The maximum absolute atomic E-state index is 5.62. The van der Waals surface area contributed by atoms with Gasteiger partial charge in [0.1, 0.15) is 11.4 Å². The summed E-state index contributed by atoms with van der Waals surface area (Å²) in [6, 6.07) is 1.76. The van der Waals surface area contributed by atoms with Gasteiger partial charge < -0.3 is 14.9 Å². The number of nitrogens with zero attached hydrogens (tertiary/aromatic N) is 2. The average Bonchev–Trinajstić information content (AvgIpc) is 2.41. The topological polar surface area (TPSA) is 82.3 Å². The monoisotopic (exact) mass is 254 g/mol. The van der Waals surface area contributed by atoms with Crippen molar-refractivity contribution in [3.05, 3.63) is 17.6 Å². The molecule has 1 aromatic heterocycles. The third-order valence-electron chi connectivity index (χ3n) is 3.16. The largest absolute Gasteiger partial charge is 0.378 e. The second kappa shape index (κ2) is 6.63. The highest BCUT2D eigenvalue weighted by Gasteiger charge is 2.32. The first-order chi connectivity index (χ1) is 8.65. The number of ether oxygens (including phenoxy) is 2. The maximum Gasteiger partial charge on any atom is 0.162 e. The Balaban J connectivity index is 3.24. The van der Waals surface area contributed by atoms with E-state index in [1.165, 1.54) is 0 Å². The molecule has 18 heavy (non-hydrogen) atoms. The molecule has 0 aromatic carbocycles. The first-order valence-electron chi connectivity index (χ1n) is 6.04. The minimum atomic E-state index is -0.477. The van der Waals surface area contributed by atoms with Gasteiger partial charge in [-0.1, -0.05) is 13.8 Å². The molecule has 6 nitrogen and oxygen atoms in total. The van der Waals surface area contributed by atoms with Crippen LogP contribution in [0.25, 0.3) is 0 Å². The van der Waals surface area contributed by atoms with E-state index in [1.807, 2.05) is 0 Å². The van der Waals surface area contributed by atoms with E-state index in [0.29, 0.717) is 18.2 Å². The van der Waals surface area contributed by atoms with Gasteiger partial charge in [0.2, 0.25) is 0 Å². The molecule has 0 aliphatic heterocycles. The summed E-state index contributed by atoms with van der Waals surface area (Å²) in [5, 5.41) is 0. The molecule has 0 spiro atoms. The quantitative estimate of drug-likeness (QED) is 0.567. The number of methoxy groups -OCH3 is 2. The lowest BCUT2D eigenvalue weighted by Crippen LogP contribution is -2.30. The molecule has 0 amide bonds. The Morgan fingerprint density at radius 2 is 1.94 bits per heavy atom. The minimum Gasteiger partial charge on any atom is -0.378 e. The van der Waals surface area contributed by atoms with Gasteiger partial charge in [0.05, 0.1) is 12.3 Å². The second-order valence-electron chi connectivity index (χ2n) is 4.05. The van der Waals surface area contributed by atoms with Gasteiger partial charge in [0.15, 0.2) is 5.82 Å². The molecule has 0 aliphatic rings. The van der Waals surface area contributed by atoms with Gasteiger partial charge in [-0.15, -0.1) is 0 Å². The van der Waals surface area contributed by atoms with E-state index in [2.05, 4.69) is 29.2 Å². The summed E-state index contributed by atoms with van der Waals surface area (Å²) < 4.78 is 10.7. The minimum absolute atomic E-state index is 0.414. The number of rotatable bonds is 7. The van der Waals surface area contributed by atoms with Gasteiger partial charge in [-0.2, -0.15) is 0 Å². The van der Waals surface area contributed by atoms with Gasteiger partial charge in [-0.3, -0.25) is 0 Å². The SMILES string of the molecule is CCC(CC)(OC)c1nc(COC)cc(NN)n1. The third kappa shape index (κ3) is 2.95. The summed E-state index contributed by atoms with van der Waals surface area (Å²) in [5.41, 5.74) is 2.85.